The average molecular weight is 427 g/mol. The smallest absolute Gasteiger partial charge is 0.407 e. The number of amides is 1. The molecular weight excluding hydrogens is 406 g/mol. The number of carbonyl (C=O) groups is 2. The summed E-state index contributed by atoms with van der Waals surface area (Å²) in [6.45, 7) is 1.83. The molecule has 0 fully saturated rings. The Kier molecular flexibility index (Phi) is 5.86. The second-order valence-electron chi connectivity index (χ2n) is 7.69. The third-order valence-electron chi connectivity index (χ3n) is 5.61. The number of hydrogen-bond donors (Lipinski definition) is 2. The molecule has 0 spiro atoms. The largest absolute Gasteiger partial charge is 0.480 e. The average Bonchev–Trinajstić information content (AvgIpc) is 3.11. The van der Waals surface area contributed by atoms with E-state index in [-0.39, 0.29) is 24.6 Å². The van der Waals surface area contributed by atoms with E-state index in [2.05, 4.69) is 10.3 Å². The lowest BCUT2D eigenvalue weighted by Gasteiger charge is -2.17. The number of aliphatic carboxylic acids is 1. The highest BCUT2D eigenvalue weighted by Crippen LogP contribution is 2.44. The van der Waals surface area contributed by atoms with Gasteiger partial charge in [-0.2, -0.15) is 5.26 Å². The van der Waals surface area contributed by atoms with Crippen molar-refractivity contribution >= 4 is 12.1 Å². The van der Waals surface area contributed by atoms with E-state index in [1.807, 2.05) is 54.6 Å². The van der Waals surface area contributed by atoms with Gasteiger partial charge in [0.1, 0.15) is 24.4 Å². The van der Waals surface area contributed by atoms with Crippen molar-refractivity contribution in [3.05, 3.63) is 88.7 Å². The topological polar surface area (TPSA) is 112 Å². The van der Waals surface area contributed by atoms with Gasteiger partial charge in [-0.1, -0.05) is 54.6 Å². The van der Waals surface area contributed by atoms with Crippen molar-refractivity contribution < 1.29 is 19.4 Å². The van der Waals surface area contributed by atoms with Gasteiger partial charge in [-0.25, -0.2) is 14.6 Å². The van der Waals surface area contributed by atoms with E-state index in [1.165, 1.54) is 6.20 Å². The third-order valence-corrected chi connectivity index (χ3v) is 5.61. The Hall–Kier alpha value is -4.18. The molecule has 0 saturated heterocycles. The lowest BCUT2D eigenvalue weighted by molar-refractivity contribution is -0.139. The predicted octanol–water partition coefficient (Wildman–Crippen LogP) is 3.80. The number of alkyl carbamates (subject to hydrolysis) is 1. The quantitative estimate of drug-likeness (QED) is 0.619. The number of carboxylic acids is 1. The van der Waals surface area contributed by atoms with E-state index in [1.54, 1.807) is 13.0 Å². The number of nitrogens with one attached hydrogen (secondary N) is 1. The molecule has 1 aromatic heterocycles. The summed E-state index contributed by atoms with van der Waals surface area (Å²) in [7, 11) is 0. The number of carbonyl (C=O) groups excluding carboxylic acids is 1. The van der Waals surface area contributed by atoms with Crippen LogP contribution in [-0.2, 0) is 16.0 Å². The number of rotatable bonds is 6. The fourth-order valence-corrected chi connectivity index (χ4v) is 4.08. The highest BCUT2D eigenvalue weighted by molar-refractivity contribution is 5.81. The lowest BCUT2D eigenvalue weighted by Crippen LogP contribution is -2.43. The van der Waals surface area contributed by atoms with Crippen LogP contribution >= 0.6 is 0 Å². The maximum absolute atomic E-state index is 12.4. The number of pyridine rings is 1. The zero-order valence-electron chi connectivity index (χ0n) is 17.4. The second-order valence-corrected chi connectivity index (χ2v) is 7.69. The van der Waals surface area contributed by atoms with Gasteiger partial charge in [0, 0.05) is 18.5 Å². The van der Waals surface area contributed by atoms with Crippen molar-refractivity contribution in [2.75, 3.05) is 6.61 Å². The number of aromatic nitrogens is 1. The number of carboxylic acid groups (broad SMARTS) is 1. The highest BCUT2D eigenvalue weighted by atomic mass is 16.5. The maximum Gasteiger partial charge on any atom is 0.407 e. The Labute approximate surface area is 185 Å². The van der Waals surface area contributed by atoms with Crippen LogP contribution in [0.15, 0.2) is 60.8 Å². The molecule has 1 atom stereocenters. The van der Waals surface area contributed by atoms with Gasteiger partial charge in [0.15, 0.2) is 0 Å². The van der Waals surface area contributed by atoms with Gasteiger partial charge in [0.05, 0.1) is 0 Å². The fraction of sp³-hybridized carbons (Fsp3) is 0.200. The molecule has 1 aliphatic carbocycles. The number of nitriles is 1. The molecule has 7 nitrogen and oxygen atoms in total. The van der Waals surface area contributed by atoms with Crippen molar-refractivity contribution in [2.24, 2.45) is 0 Å². The lowest BCUT2D eigenvalue weighted by atomic mass is 9.98. The molecule has 1 amide bonds. The first-order valence-electron chi connectivity index (χ1n) is 10.2. The van der Waals surface area contributed by atoms with Gasteiger partial charge >= 0.3 is 12.1 Å². The maximum atomic E-state index is 12.4. The fourth-order valence-electron chi connectivity index (χ4n) is 4.08. The number of fused-ring (bicyclic) bond motifs is 3. The minimum atomic E-state index is -1.18. The molecule has 0 aliphatic heterocycles. The molecule has 0 unspecified atom stereocenters. The molecule has 2 aromatic carbocycles. The van der Waals surface area contributed by atoms with Gasteiger partial charge < -0.3 is 15.2 Å². The number of nitrogens with zero attached hydrogens (tertiary/aromatic N) is 2. The first-order valence-corrected chi connectivity index (χ1v) is 10.2. The molecule has 160 valence electrons. The van der Waals surface area contributed by atoms with Gasteiger partial charge in [0.25, 0.3) is 0 Å². The zero-order chi connectivity index (χ0) is 22.7. The van der Waals surface area contributed by atoms with Crippen LogP contribution in [0.5, 0.6) is 0 Å². The first-order chi connectivity index (χ1) is 15.5. The van der Waals surface area contributed by atoms with Crippen molar-refractivity contribution in [3.63, 3.8) is 0 Å². The van der Waals surface area contributed by atoms with E-state index >= 15 is 0 Å². The van der Waals surface area contributed by atoms with Crippen molar-refractivity contribution in [2.45, 2.75) is 25.3 Å². The van der Waals surface area contributed by atoms with Crippen LogP contribution in [0, 0.1) is 18.3 Å². The van der Waals surface area contributed by atoms with E-state index in [4.69, 9.17) is 10.00 Å². The molecule has 7 heteroatoms. The first kappa shape index (κ1) is 21.1. The summed E-state index contributed by atoms with van der Waals surface area (Å²) < 4.78 is 5.45. The van der Waals surface area contributed by atoms with Crippen molar-refractivity contribution in [1.82, 2.24) is 10.3 Å². The van der Waals surface area contributed by atoms with Gasteiger partial charge in [0.2, 0.25) is 0 Å². The second kappa shape index (κ2) is 8.90. The molecule has 1 heterocycles. The van der Waals surface area contributed by atoms with Crippen LogP contribution in [0.25, 0.3) is 11.1 Å². The summed E-state index contributed by atoms with van der Waals surface area (Å²) in [4.78, 5) is 28.2. The Morgan fingerprint density at radius 2 is 1.78 bits per heavy atom. The van der Waals surface area contributed by atoms with Crippen LogP contribution in [0.3, 0.4) is 0 Å². The summed E-state index contributed by atoms with van der Waals surface area (Å²) >= 11 is 0. The van der Waals surface area contributed by atoms with E-state index in [0.717, 1.165) is 22.3 Å². The monoisotopic (exact) mass is 427 g/mol. The molecule has 4 rings (SSSR count). The third kappa shape index (κ3) is 4.16. The van der Waals surface area contributed by atoms with Crippen molar-refractivity contribution in [1.29, 1.82) is 5.26 Å². The molecule has 0 radical (unpaired) electrons. The highest BCUT2D eigenvalue weighted by Gasteiger charge is 2.29. The standard InChI is InChI=1S/C25H21N3O4/c1-15-10-16(13-27-23(15)12-26)11-22(24(29)30)28-25(31)32-14-21-19-8-4-2-6-17(19)18-7-3-5-9-20(18)21/h2-10,13,21-22H,11,14H2,1H3,(H,28,31)(H,29,30)/t22-/m0/s1. The summed E-state index contributed by atoms with van der Waals surface area (Å²) in [5, 5.41) is 21.0. The van der Waals surface area contributed by atoms with E-state index in [0.29, 0.717) is 11.1 Å². The van der Waals surface area contributed by atoms with E-state index in [9.17, 15) is 14.7 Å². The minimum absolute atomic E-state index is 0.0269. The van der Waals surface area contributed by atoms with E-state index < -0.39 is 18.1 Å². The van der Waals surface area contributed by atoms with Crippen LogP contribution in [-0.4, -0.2) is 34.8 Å². The van der Waals surface area contributed by atoms with Crippen LogP contribution in [0.4, 0.5) is 4.79 Å². The Balaban J connectivity index is 1.43. The van der Waals surface area contributed by atoms with Crippen LogP contribution in [0.2, 0.25) is 0 Å². The predicted molar refractivity (Wildman–Crippen MR) is 117 cm³/mol. The van der Waals surface area contributed by atoms with Gasteiger partial charge in [-0.15, -0.1) is 0 Å². The zero-order valence-corrected chi connectivity index (χ0v) is 17.4. The SMILES string of the molecule is Cc1cc(C[C@H](NC(=O)OCC2c3ccccc3-c3ccccc32)C(=O)O)cnc1C#N. The molecule has 3 aromatic rings. The Morgan fingerprint density at radius 1 is 1.16 bits per heavy atom. The number of ether oxygens (including phenoxy) is 1. The summed E-state index contributed by atoms with van der Waals surface area (Å²) in [6, 6.07) is 18.5. The van der Waals surface area contributed by atoms with Gasteiger partial charge in [-0.3, -0.25) is 0 Å². The molecule has 2 N–H and O–H groups in total. The molecule has 0 bridgehead atoms. The molecule has 0 saturated carbocycles. The summed E-state index contributed by atoms with van der Waals surface area (Å²) in [5.74, 6) is -1.29. The number of benzene rings is 2. The Bertz CT molecular complexity index is 1190. The normalized spacial score (nSPS) is 12.9. The number of hydrogen-bond acceptors (Lipinski definition) is 5. The van der Waals surface area contributed by atoms with Crippen molar-refractivity contribution in [3.8, 4) is 17.2 Å². The van der Waals surface area contributed by atoms with Crippen LogP contribution in [0.1, 0.15) is 33.9 Å². The molecular formula is C25H21N3O4. The molecule has 1 aliphatic rings. The Morgan fingerprint density at radius 3 is 2.34 bits per heavy atom. The molecule has 32 heavy (non-hydrogen) atoms. The summed E-state index contributed by atoms with van der Waals surface area (Å²) in [6.07, 6.45) is 0.678. The number of aryl methyl sites for hydroxylation is 1. The van der Waals surface area contributed by atoms with Crippen LogP contribution < -0.4 is 5.32 Å². The minimum Gasteiger partial charge on any atom is -0.480 e. The summed E-state index contributed by atoms with van der Waals surface area (Å²) in [5.41, 5.74) is 5.92. The van der Waals surface area contributed by atoms with Gasteiger partial charge in [-0.05, 0) is 40.3 Å².